The van der Waals surface area contributed by atoms with Crippen LogP contribution in [0.3, 0.4) is 0 Å². The van der Waals surface area contributed by atoms with Gasteiger partial charge < -0.3 is 11.1 Å². The van der Waals surface area contributed by atoms with Crippen LogP contribution in [0.15, 0.2) is 36.9 Å². The standard InChI is InChI=1S/C19H15FN10O/c1-10-5-15(20)16(22)28-17(10)29-11(2)14(9-26-29)19(31)27-13-6-12(7-21)18(23-8-13)30-24-3-4-25-30/h3-6,8-9H,1-2H3,(H2,22,28)(H,27,31). The summed E-state index contributed by atoms with van der Waals surface area (Å²) in [6.07, 6.45) is 5.68. The van der Waals surface area contributed by atoms with Gasteiger partial charge in [0.1, 0.15) is 11.6 Å². The molecule has 0 fully saturated rings. The van der Waals surface area contributed by atoms with Gasteiger partial charge in [0, 0.05) is 0 Å². The van der Waals surface area contributed by atoms with E-state index in [1.807, 2.05) is 6.07 Å². The summed E-state index contributed by atoms with van der Waals surface area (Å²) in [6, 6.07) is 4.73. The third kappa shape index (κ3) is 3.55. The zero-order chi connectivity index (χ0) is 22.1. The Labute approximate surface area is 175 Å². The van der Waals surface area contributed by atoms with Crippen molar-refractivity contribution in [3.63, 3.8) is 0 Å². The molecule has 1 amide bonds. The monoisotopic (exact) mass is 418 g/mol. The fraction of sp³-hybridized carbons (Fsp3) is 0.105. The summed E-state index contributed by atoms with van der Waals surface area (Å²) in [7, 11) is 0. The number of nitriles is 1. The van der Waals surface area contributed by atoms with Gasteiger partial charge in [-0.3, -0.25) is 4.79 Å². The van der Waals surface area contributed by atoms with Gasteiger partial charge in [-0.05, 0) is 31.5 Å². The van der Waals surface area contributed by atoms with E-state index < -0.39 is 11.7 Å². The number of amides is 1. The molecule has 11 nitrogen and oxygen atoms in total. The number of rotatable bonds is 4. The fourth-order valence-electron chi connectivity index (χ4n) is 2.94. The lowest BCUT2D eigenvalue weighted by Crippen LogP contribution is -2.15. The number of nitrogens with two attached hydrogens (primary N) is 1. The summed E-state index contributed by atoms with van der Waals surface area (Å²) in [4.78, 5) is 22.2. The van der Waals surface area contributed by atoms with E-state index in [1.165, 1.54) is 46.4 Å². The minimum Gasteiger partial charge on any atom is -0.381 e. The van der Waals surface area contributed by atoms with Crippen LogP contribution in [0.2, 0.25) is 0 Å². The van der Waals surface area contributed by atoms with Crippen molar-refractivity contribution in [1.29, 1.82) is 5.26 Å². The van der Waals surface area contributed by atoms with Gasteiger partial charge in [-0.15, -0.1) is 4.80 Å². The van der Waals surface area contributed by atoms with Gasteiger partial charge in [-0.2, -0.15) is 20.6 Å². The number of anilines is 2. The van der Waals surface area contributed by atoms with Crippen LogP contribution in [-0.2, 0) is 0 Å². The van der Waals surface area contributed by atoms with Crippen molar-refractivity contribution in [2.24, 2.45) is 0 Å². The average molecular weight is 418 g/mol. The highest BCUT2D eigenvalue weighted by molar-refractivity contribution is 6.05. The number of nitrogens with one attached hydrogen (secondary N) is 1. The maximum Gasteiger partial charge on any atom is 0.259 e. The number of hydrogen-bond acceptors (Lipinski definition) is 8. The second-order valence-electron chi connectivity index (χ2n) is 6.53. The first kappa shape index (κ1) is 19.6. The second kappa shape index (κ2) is 7.64. The summed E-state index contributed by atoms with van der Waals surface area (Å²) in [6.45, 7) is 3.34. The van der Waals surface area contributed by atoms with E-state index in [9.17, 15) is 14.4 Å². The van der Waals surface area contributed by atoms with Gasteiger partial charge in [0.2, 0.25) is 0 Å². The minimum atomic E-state index is -0.626. The van der Waals surface area contributed by atoms with Gasteiger partial charge in [0.15, 0.2) is 23.3 Å². The first-order valence-corrected chi connectivity index (χ1v) is 8.95. The highest BCUT2D eigenvalue weighted by Crippen LogP contribution is 2.21. The normalized spacial score (nSPS) is 10.6. The number of aromatic nitrogens is 7. The molecule has 0 aliphatic rings. The lowest BCUT2D eigenvalue weighted by molar-refractivity contribution is 0.102. The largest absolute Gasteiger partial charge is 0.381 e. The molecule has 0 unspecified atom stereocenters. The summed E-state index contributed by atoms with van der Waals surface area (Å²) in [5.41, 5.74) is 7.31. The Morgan fingerprint density at radius 1 is 1.16 bits per heavy atom. The van der Waals surface area contributed by atoms with Crippen molar-refractivity contribution in [1.82, 2.24) is 34.7 Å². The summed E-state index contributed by atoms with van der Waals surface area (Å²) in [5.74, 6) is -0.793. The molecule has 0 spiro atoms. The average Bonchev–Trinajstić information content (AvgIpc) is 3.41. The smallest absolute Gasteiger partial charge is 0.259 e. The number of nitrogen functional groups attached to an aromatic ring is 1. The fourth-order valence-corrected chi connectivity index (χ4v) is 2.94. The Hall–Kier alpha value is -4.66. The summed E-state index contributed by atoms with van der Waals surface area (Å²) >= 11 is 0. The molecule has 3 N–H and O–H groups in total. The van der Waals surface area contributed by atoms with Crippen molar-refractivity contribution in [2.75, 3.05) is 11.1 Å². The number of carbonyl (C=O) groups excluding carboxylic acids is 1. The van der Waals surface area contributed by atoms with E-state index in [4.69, 9.17) is 5.73 Å². The SMILES string of the molecule is Cc1cc(F)c(N)nc1-n1ncc(C(=O)Nc2cnc(-n3nccn3)c(C#N)c2)c1C. The number of aryl methyl sites for hydroxylation is 1. The van der Waals surface area contributed by atoms with Gasteiger partial charge in [-0.25, -0.2) is 19.0 Å². The molecule has 0 saturated heterocycles. The lowest BCUT2D eigenvalue weighted by atomic mass is 10.2. The van der Waals surface area contributed by atoms with Gasteiger partial charge >= 0.3 is 0 Å². The van der Waals surface area contributed by atoms with Crippen LogP contribution in [0.4, 0.5) is 15.9 Å². The maximum atomic E-state index is 13.6. The topological polar surface area (TPSA) is 153 Å². The van der Waals surface area contributed by atoms with E-state index in [1.54, 1.807) is 13.8 Å². The van der Waals surface area contributed by atoms with Gasteiger partial charge in [0.25, 0.3) is 5.91 Å². The van der Waals surface area contributed by atoms with Crippen LogP contribution in [0.1, 0.15) is 27.2 Å². The Balaban J connectivity index is 1.62. The van der Waals surface area contributed by atoms with Crippen LogP contribution in [0, 0.1) is 31.0 Å². The van der Waals surface area contributed by atoms with Gasteiger partial charge in [-0.1, -0.05) is 0 Å². The Bertz CT molecular complexity index is 1340. The molecule has 0 atom stereocenters. The Kier molecular flexibility index (Phi) is 4.84. The van der Waals surface area contributed by atoms with Crippen LogP contribution in [0.25, 0.3) is 11.6 Å². The Morgan fingerprint density at radius 3 is 2.61 bits per heavy atom. The lowest BCUT2D eigenvalue weighted by Gasteiger charge is -2.10. The van der Waals surface area contributed by atoms with E-state index in [0.717, 1.165) is 0 Å². The minimum absolute atomic E-state index is 0.183. The molecule has 4 aromatic heterocycles. The molecule has 4 heterocycles. The van der Waals surface area contributed by atoms with Crippen molar-refractivity contribution in [2.45, 2.75) is 13.8 Å². The predicted molar refractivity (Wildman–Crippen MR) is 107 cm³/mol. The molecule has 0 aliphatic heterocycles. The highest BCUT2D eigenvalue weighted by atomic mass is 19.1. The van der Waals surface area contributed by atoms with E-state index in [-0.39, 0.29) is 22.8 Å². The highest BCUT2D eigenvalue weighted by Gasteiger charge is 2.19. The molecule has 0 radical (unpaired) electrons. The Morgan fingerprint density at radius 2 is 1.90 bits per heavy atom. The molecule has 31 heavy (non-hydrogen) atoms. The molecule has 4 aromatic rings. The predicted octanol–water partition coefficient (Wildman–Crippen LogP) is 1.71. The molecule has 4 rings (SSSR count). The second-order valence-corrected chi connectivity index (χ2v) is 6.53. The molecule has 12 heteroatoms. The van der Waals surface area contributed by atoms with Crippen molar-refractivity contribution >= 4 is 17.4 Å². The zero-order valence-corrected chi connectivity index (χ0v) is 16.4. The number of carbonyl (C=O) groups is 1. The molecule has 0 aliphatic carbocycles. The molecule has 0 saturated carbocycles. The quantitative estimate of drug-likeness (QED) is 0.508. The van der Waals surface area contributed by atoms with Crippen LogP contribution >= 0.6 is 0 Å². The summed E-state index contributed by atoms with van der Waals surface area (Å²) in [5, 5.41) is 24.2. The number of nitrogens with zero attached hydrogens (tertiary/aromatic N) is 8. The first-order chi connectivity index (χ1) is 14.9. The number of hydrogen-bond donors (Lipinski definition) is 2. The van der Waals surface area contributed by atoms with E-state index in [0.29, 0.717) is 22.8 Å². The van der Waals surface area contributed by atoms with Crippen LogP contribution in [-0.4, -0.2) is 40.6 Å². The van der Waals surface area contributed by atoms with Gasteiger partial charge in [0.05, 0.1) is 41.7 Å². The van der Waals surface area contributed by atoms with Crippen molar-refractivity contribution < 1.29 is 9.18 Å². The number of halogens is 1. The molecular weight excluding hydrogens is 403 g/mol. The van der Waals surface area contributed by atoms with Crippen LogP contribution < -0.4 is 11.1 Å². The third-order valence-electron chi connectivity index (χ3n) is 4.48. The molecule has 0 aromatic carbocycles. The molecular formula is C19H15FN10O. The maximum absolute atomic E-state index is 13.6. The van der Waals surface area contributed by atoms with Crippen LogP contribution in [0.5, 0.6) is 0 Å². The van der Waals surface area contributed by atoms with E-state index >= 15 is 0 Å². The van der Waals surface area contributed by atoms with Crippen molar-refractivity contribution in [3.8, 4) is 17.7 Å². The molecule has 154 valence electrons. The third-order valence-corrected chi connectivity index (χ3v) is 4.48. The summed E-state index contributed by atoms with van der Waals surface area (Å²) < 4.78 is 15.0. The van der Waals surface area contributed by atoms with E-state index in [2.05, 4.69) is 30.6 Å². The molecule has 0 bridgehead atoms. The van der Waals surface area contributed by atoms with Crippen molar-refractivity contribution in [3.05, 3.63) is 65.1 Å². The number of pyridine rings is 2. The first-order valence-electron chi connectivity index (χ1n) is 8.95. The zero-order valence-electron chi connectivity index (χ0n) is 16.4.